The number of hydrogen-bond acceptors (Lipinski definition) is 3. The molecule has 1 aromatic carbocycles. The highest BCUT2D eigenvalue weighted by Gasteiger charge is 2.25. The Morgan fingerprint density at radius 2 is 1.86 bits per heavy atom. The van der Waals surface area contributed by atoms with Crippen LogP contribution in [0.25, 0.3) is 11.0 Å². The van der Waals surface area contributed by atoms with E-state index in [0.717, 1.165) is 23.9 Å². The largest absolute Gasteiger partial charge is 0.351 e. The van der Waals surface area contributed by atoms with Crippen molar-refractivity contribution in [3.63, 3.8) is 0 Å². The van der Waals surface area contributed by atoms with Gasteiger partial charge in [0.25, 0.3) is 5.91 Å². The zero-order valence-corrected chi connectivity index (χ0v) is 13.2. The van der Waals surface area contributed by atoms with Crippen LogP contribution in [0.2, 0.25) is 0 Å². The predicted molar refractivity (Wildman–Crippen MR) is 85.6 cm³/mol. The van der Waals surface area contributed by atoms with E-state index in [4.69, 9.17) is 11.6 Å². The summed E-state index contributed by atoms with van der Waals surface area (Å²) in [7, 11) is 0. The summed E-state index contributed by atoms with van der Waals surface area (Å²) in [5, 5.41) is 2.99. The first-order valence-corrected chi connectivity index (χ1v) is 7.72. The number of carbonyl (C=O) groups excluding carboxylic acids is 1. The van der Waals surface area contributed by atoms with Crippen molar-refractivity contribution in [3.8, 4) is 0 Å². The Morgan fingerprint density at radius 3 is 2.48 bits per heavy atom. The second-order valence-corrected chi connectivity index (χ2v) is 5.55. The highest BCUT2D eigenvalue weighted by molar-refractivity contribution is 6.18. The fraction of sp³-hybridized carbons (Fsp3) is 0.438. The molecule has 0 aliphatic carbocycles. The average molecular weight is 306 g/mol. The van der Waals surface area contributed by atoms with Gasteiger partial charge in [0, 0.05) is 35.8 Å². The minimum Gasteiger partial charge on any atom is -0.351 e. The van der Waals surface area contributed by atoms with E-state index in [1.807, 2.05) is 6.07 Å². The monoisotopic (exact) mass is 305 g/mol. The SMILES string of the molecule is CCC(CC)(CCl)CNC(=O)c1ccc2nccnc2c1. The van der Waals surface area contributed by atoms with Crippen LogP contribution in [0, 0.1) is 5.41 Å². The van der Waals surface area contributed by atoms with Gasteiger partial charge in [0.1, 0.15) is 0 Å². The summed E-state index contributed by atoms with van der Waals surface area (Å²) in [6.07, 6.45) is 5.14. The first kappa shape index (κ1) is 15.7. The van der Waals surface area contributed by atoms with Crippen molar-refractivity contribution in [1.29, 1.82) is 0 Å². The standard InChI is InChI=1S/C16H20ClN3O/c1-3-16(4-2,10-17)11-20-15(21)12-5-6-13-14(9-12)19-8-7-18-13/h5-9H,3-4,10-11H2,1-2H3,(H,20,21). The summed E-state index contributed by atoms with van der Waals surface area (Å²) < 4.78 is 0. The Balaban J connectivity index is 2.11. The zero-order chi connectivity index (χ0) is 15.3. The van der Waals surface area contributed by atoms with E-state index < -0.39 is 0 Å². The molecular weight excluding hydrogens is 286 g/mol. The molecule has 0 unspecified atom stereocenters. The number of nitrogens with one attached hydrogen (secondary N) is 1. The quantitative estimate of drug-likeness (QED) is 0.832. The zero-order valence-electron chi connectivity index (χ0n) is 12.4. The second kappa shape index (κ2) is 6.85. The third kappa shape index (κ3) is 3.50. The number of hydrogen-bond donors (Lipinski definition) is 1. The van der Waals surface area contributed by atoms with Gasteiger partial charge in [-0.25, -0.2) is 0 Å². The predicted octanol–water partition coefficient (Wildman–Crippen LogP) is 3.40. The van der Waals surface area contributed by atoms with Crippen LogP contribution in [-0.2, 0) is 0 Å². The van der Waals surface area contributed by atoms with E-state index in [1.54, 1.807) is 24.5 Å². The van der Waals surface area contributed by atoms with E-state index in [1.165, 1.54) is 0 Å². The highest BCUT2D eigenvalue weighted by atomic mass is 35.5. The lowest BCUT2D eigenvalue weighted by Gasteiger charge is -2.29. The Kier molecular flexibility index (Phi) is 5.12. The summed E-state index contributed by atoms with van der Waals surface area (Å²) in [6.45, 7) is 4.79. The van der Waals surface area contributed by atoms with Crippen molar-refractivity contribution >= 4 is 28.5 Å². The molecule has 0 fully saturated rings. The Labute approximate surface area is 129 Å². The molecule has 112 valence electrons. The van der Waals surface area contributed by atoms with Gasteiger partial charge in [-0.1, -0.05) is 13.8 Å². The van der Waals surface area contributed by atoms with Crippen LogP contribution in [0.1, 0.15) is 37.0 Å². The maximum absolute atomic E-state index is 12.3. The average Bonchev–Trinajstić information content (AvgIpc) is 2.56. The van der Waals surface area contributed by atoms with Gasteiger partial charge in [0.2, 0.25) is 0 Å². The van der Waals surface area contributed by atoms with Gasteiger partial charge in [-0.3, -0.25) is 14.8 Å². The number of fused-ring (bicyclic) bond motifs is 1. The molecule has 0 atom stereocenters. The number of alkyl halides is 1. The molecule has 2 rings (SSSR count). The molecule has 1 amide bonds. The van der Waals surface area contributed by atoms with E-state index in [9.17, 15) is 4.79 Å². The number of aromatic nitrogens is 2. The van der Waals surface area contributed by atoms with Crippen LogP contribution in [0.3, 0.4) is 0 Å². The number of nitrogens with zero attached hydrogens (tertiary/aromatic N) is 2. The van der Waals surface area contributed by atoms with Crippen LogP contribution in [-0.4, -0.2) is 28.3 Å². The fourth-order valence-corrected chi connectivity index (χ4v) is 2.68. The van der Waals surface area contributed by atoms with Gasteiger partial charge in [0.05, 0.1) is 11.0 Å². The normalized spacial score (nSPS) is 11.6. The third-order valence-electron chi connectivity index (χ3n) is 4.14. The van der Waals surface area contributed by atoms with Gasteiger partial charge in [-0.15, -0.1) is 11.6 Å². The molecule has 2 aromatic rings. The fourth-order valence-electron chi connectivity index (χ4n) is 2.21. The highest BCUT2D eigenvalue weighted by Crippen LogP contribution is 2.27. The second-order valence-electron chi connectivity index (χ2n) is 5.28. The van der Waals surface area contributed by atoms with Crippen LogP contribution in [0.5, 0.6) is 0 Å². The van der Waals surface area contributed by atoms with Crippen LogP contribution in [0.15, 0.2) is 30.6 Å². The molecule has 1 aromatic heterocycles. The van der Waals surface area contributed by atoms with Crippen molar-refractivity contribution < 1.29 is 4.79 Å². The molecule has 21 heavy (non-hydrogen) atoms. The van der Waals surface area contributed by atoms with Crippen molar-refractivity contribution in [3.05, 3.63) is 36.2 Å². The molecule has 0 spiro atoms. The molecule has 0 aliphatic rings. The van der Waals surface area contributed by atoms with Crippen LogP contribution in [0.4, 0.5) is 0 Å². The topological polar surface area (TPSA) is 54.9 Å². The summed E-state index contributed by atoms with van der Waals surface area (Å²) in [5.41, 5.74) is 2.07. The van der Waals surface area contributed by atoms with Gasteiger partial charge in [-0.2, -0.15) is 0 Å². The number of amides is 1. The van der Waals surface area contributed by atoms with Crippen molar-refractivity contribution in [1.82, 2.24) is 15.3 Å². The molecule has 1 heterocycles. The smallest absolute Gasteiger partial charge is 0.251 e. The van der Waals surface area contributed by atoms with Gasteiger partial charge < -0.3 is 5.32 Å². The maximum atomic E-state index is 12.3. The molecule has 4 nitrogen and oxygen atoms in total. The van der Waals surface area contributed by atoms with Crippen molar-refractivity contribution in [2.45, 2.75) is 26.7 Å². The Hall–Kier alpha value is -1.68. The van der Waals surface area contributed by atoms with E-state index in [-0.39, 0.29) is 11.3 Å². The van der Waals surface area contributed by atoms with E-state index in [0.29, 0.717) is 18.0 Å². The molecule has 0 radical (unpaired) electrons. The van der Waals surface area contributed by atoms with E-state index >= 15 is 0 Å². The van der Waals surface area contributed by atoms with Gasteiger partial charge in [-0.05, 0) is 31.0 Å². The molecule has 1 N–H and O–H groups in total. The first-order chi connectivity index (χ1) is 10.1. The maximum Gasteiger partial charge on any atom is 0.251 e. The summed E-state index contributed by atoms with van der Waals surface area (Å²) in [5.74, 6) is 0.447. The lowest BCUT2D eigenvalue weighted by Crippen LogP contribution is -2.38. The molecule has 0 saturated heterocycles. The summed E-state index contributed by atoms with van der Waals surface area (Å²) in [6, 6.07) is 5.34. The van der Waals surface area contributed by atoms with Crippen molar-refractivity contribution in [2.75, 3.05) is 12.4 Å². The van der Waals surface area contributed by atoms with E-state index in [2.05, 4.69) is 29.1 Å². The van der Waals surface area contributed by atoms with Crippen LogP contribution >= 0.6 is 11.6 Å². The molecule has 0 aliphatic heterocycles. The lowest BCUT2D eigenvalue weighted by molar-refractivity contribution is 0.0932. The number of carbonyl (C=O) groups is 1. The summed E-state index contributed by atoms with van der Waals surface area (Å²) in [4.78, 5) is 20.7. The minimum absolute atomic E-state index is 0.0339. The lowest BCUT2D eigenvalue weighted by atomic mass is 9.84. The van der Waals surface area contributed by atoms with Crippen molar-refractivity contribution in [2.24, 2.45) is 5.41 Å². The minimum atomic E-state index is -0.0982. The number of benzene rings is 1. The van der Waals surface area contributed by atoms with Gasteiger partial charge in [0.15, 0.2) is 0 Å². The molecule has 0 bridgehead atoms. The molecular formula is C16H20ClN3O. The Morgan fingerprint density at radius 1 is 1.19 bits per heavy atom. The third-order valence-corrected chi connectivity index (χ3v) is 4.71. The van der Waals surface area contributed by atoms with Gasteiger partial charge >= 0.3 is 0 Å². The Bertz CT molecular complexity index is 617. The number of rotatable bonds is 6. The molecule has 0 saturated carbocycles. The molecule has 5 heteroatoms. The summed E-state index contributed by atoms with van der Waals surface area (Å²) >= 11 is 6.06. The first-order valence-electron chi connectivity index (χ1n) is 7.19. The number of halogens is 1. The van der Waals surface area contributed by atoms with Crippen LogP contribution < -0.4 is 5.32 Å².